The molecule has 2 aromatic rings. The highest BCUT2D eigenvalue weighted by Crippen LogP contribution is 2.48. The maximum atomic E-state index is 14.6. The van der Waals surface area contributed by atoms with Crippen molar-refractivity contribution in [3.63, 3.8) is 0 Å². The zero-order chi connectivity index (χ0) is 24.5. The minimum absolute atomic E-state index is 0.0111. The first-order chi connectivity index (χ1) is 17.7. The van der Waals surface area contributed by atoms with Gasteiger partial charge in [0.15, 0.2) is 0 Å². The van der Waals surface area contributed by atoms with Gasteiger partial charge in [-0.1, -0.05) is 49.6 Å². The van der Waals surface area contributed by atoms with Gasteiger partial charge in [-0.3, -0.25) is 4.79 Å². The molecule has 4 atom stereocenters. The third-order valence-corrected chi connectivity index (χ3v) is 9.94. The van der Waals surface area contributed by atoms with E-state index in [9.17, 15) is 4.79 Å². The van der Waals surface area contributed by atoms with Crippen LogP contribution < -0.4 is 10.1 Å². The van der Waals surface area contributed by atoms with Crippen molar-refractivity contribution in [1.82, 2.24) is 15.2 Å². The number of pyridine rings is 1. The number of hydrogen-bond donors (Lipinski definition) is 1. The van der Waals surface area contributed by atoms with E-state index in [1.54, 1.807) is 7.11 Å². The summed E-state index contributed by atoms with van der Waals surface area (Å²) in [5, 5.41) is 3.65. The van der Waals surface area contributed by atoms with Crippen molar-refractivity contribution in [2.45, 2.75) is 81.6 Å². The number of hydrogen-bond acceptors (Lipinski definition) is 4. The first-order valence-electron chi connectivity index (χ1n) is 14.3. The van der Waals surface area contributed by atoms with E-state index in [4.69, 9.17) is 4.74 Å². The van der Waals surface area contributed by atoms with E-state index < -0.39 is 0 Å². The van der Waals surface area contributed by atoms with Crippen LogP contribution in [0.3, 0.4) is 0 Å². The van der Waals surface area contributed by atoms with E-state index in [0.29, 0.717) is 23.8 Å². The molecule has 2 saturated heterocycles. The molecule has 0 bridgehead atoms. The van der Waals surface area contributed by atoms with Crippen molar-refractivity contribution in [3.8, 4) is 5.88 Å². The van der Waals surface area contributed by atoms with Crippen molar-refractivity contribution in [2.24, 2.45) is 11.8 Å². The lowest BCUT2D eigenvalue weighted by Gasteiger charge is -2.48. The third-order valence-electron chi connectivity index (χ3n) is 9.94. The number of rotatable bonds is 4. The van der Waals surface area contributed by atoms with E-state index in [0.717, 1.165) is 57.6 Å². The van der Waals surface area contributed by atoms with E-state index in [2.05, 4.69) is 51.6 Å². The lowest BCUT2D eigenvalue weighted by Crippen LogP contribution is -2.55. The minimum atomic E-state index is -0.145. The van der Waals surface area contributed by atoms with E-state index in [1.807, 2.05) is 6.20 Å². The molecule has 36 heavy (non-hydrogen) atoms. The number of carbonyl (C=O) groups excluding carboxylic acids is 1. The minimum Gasteiger partial charge on any atom is -0.481 e. The molecule has 1 aromatic carbocycles. The number of carbonyl (C=O) groups is 1. The van der Waals surface area contributed by atoms with E-state index in [-0.39, 0.29) is 11.3 Å². The van der Waals surface area contributed by atoms with Crippen LogP contribution in [0.4, 0.5) is 0 Å². The Bertz CT molecular complexity index is 1070. The summed E-state index contributed by atoms with van der Waals surface area (Å²) in [7, 11) is 1.71. The van der Waals surface area contributed by atoms with Crippen LogP contribution in [0, 0.1) is 11.8 Å². The molecule has 3 heterocycles. The van der Waals surface area contributed by atoms with Crippen LogP contribution >= 0.6 is 0 Å². The van der Waals surface area contributed by atoms with Crippen molar-refractivity contribution in [2.75, 3.05) is 26.7 Å². The Morgan fingerprint density at radius 2 is 1.92 bits per heavy atom. The number of ether oxygens (including phenoxy) is 1. The molecule has 1 aromatic heterocycles. The number of likely N-dealkylation sites (tertiary alicyclic amines) is 1. The predicted octanol–water partition coefficient (Wildman–Crippen LogP) is 5.24. The number of nitrogens with one attached hydrogen (secondary N) is 1. The zero-order valence-corrected chi connectivity index (χ0v) is 21.8. The summed E-state index contributed by atoms with van der Waals surface area (Å²) < 4.78 is 5.65. The Kier molecular flexibility index (Phi) is 6.76. The van der Waals surface area contributed by atoms with Crippen molar-refractivity contribution in [3.05, 3.63) is 59.3 Å². The Labute approximate surface area is 216 Å². The van der Waals surface area contributed by atoms with Gasteiger partial charge >= 0.3 is 0 Å². The summed E-state index contributed by atoms with van der Waals surface area (Å²) in [6, 6.07) is 13.6. The number of aromatic nitrogens is 1. The van der Waals surface area contributed by atoms with Crippen LogP contribution in [-0.4, -0.2) is 48.6 Å². The molecule has 1 N–H and O–H groups in total. The van der Waals surface area contributed by atoms with Gasteiger partial charge in [-0.05, 0) is 74.0 Å². The Morgan fingerprint density at radius 1 is 1.08 bits per heavy atom. The average molecular weight is 488 g/mol. The molecule has 0 unspecified atom stereocenters. The summed E-state index contributed by atoms with van der Waals surface area (Å²) in [5.41, 5.74) is 3.83. The molecular weight excluding hydrogens is 446 g/mol. The van der Waals surface area contributed by atoms with Gasteiger partial charge in [0.05, 0.1) is 13.0 Å². The number of nitrogens with zero attached hydrogens (tertiary/aromatic N) is 2. The van der Waals surface area contributed by atoms with Crippen molar-refractivity contribution in [1.29, 1.82) is 0 Å². The summed E-state index contributed by atoms with van der Waals surface area (Å²) in [6.07, 6.45) is 13.7. The van der Waals surface area contributed by atoms with Crippen molar-refractivity contribution < 1.29 is 9.53 Å². The SMILES string of the molecule is COc1nccc2c1CCC[C@]21CNC[C@H]1C(=O)N1CC[C@@H](c2ccccc2)C[C@H]1C1CCCCC1. The second kappa shape index (κ2) is 10.2. The highest BCUT2D eigenvalue weighted by molar-refractivity contribution is 5.82. The molecule has 6 rings (SSSR count). The lowest BCUT2D eigenvalue weighted by atomic mass is 9.64. The second-order valence-electron chi connectivity index (χ2n) is 11.7. The van der Waals surface area contributed by atoms with Crippen LogP contribution in [0.5, 0.6) is 5.88 Å². The van der Waals surface area contributed by atoms with Gasteiger partial charge in [0.1, 0.15) is 0 Å². The number of benzene rings is 1. The molecule has 0 radical (unpaired) electrons. The maximum Gasteiger partial charge on any atom is 0.228 e. The molecule has 1 saturated carbocycles. The van der Waals surface area contributed by atoms with Crippen LogP contribution in [0.15, 0.2) is 42.6 Å². The third kappa shape index (κ3) is 4.13. The first kappa shape index (κ1) is 24.0. The highest BCUT2D eigenvalue weighted by Gasteiger charge is 2.53. The zero-order valence-electron chi connectivity index (χ0n) is 21.8. The largest absolute Gasteiger partial charge is 0.481 e. The first-order valence-corrected chi connectivity index (χ1v) is 14.3. The fourth-order valence-corrected chi connectivity index (χ4v) is 8.16. The van der Waals surface area contributed by atoms with Crippen LogP contribution in [-0.2, 0) is 16.6 Å². The summed E-state index contributed by atoms with van der Waals surface area (Å²) in [6.45, 7) is 2.54. The predicted molar refractivity (Wildman–Crippen MR) is 142 cm³/mol. The Morgan fingerprint density at radius 3 is 2.72 bits per heavy atom. The Balaban J connectivity index is 1.31. The fraction of sp³-hybridized carbons (Fsp3) is 0.613. The van der Waals surface area contributed by atoms with Gasteiger partial charge in [0.2, 0.25) is 11.8 Å². The molecule has 3 fully saturated rings. The quantitative estimate of drug-likeness (QED) is 0.641. The fourth-order valence-electron chi connectivity index (χ4n) is 8.16. The summed E-state index contributed by atoms with van der Waals surface area (Å²) in [5.74, 6) is 2.33. The standard InChI is InChI=1S/C31H41N3O2/c1-36-29-25-13-8-16-31(26(25)14-17-33-29)21-32-20-27(31)30(35)34-18-15-24(22-9-4-2-5-10-22)19-28(34)23-11-6-3-7-12-23/h2,4-5,9-10,14,17,23-24,27-28,32H,3,6-8,11-13,15-16,18-21H2,1H3/t24-,27+,28+,31+/m1/s1. The van der Waals surface area contributed by atoms with Crippen LogP contribution in [0.25, 0.3) is 0 Å². The number of fused-ring (bicyclic) bond motifs is 2. The molecule has 1 amide bonds. The highest BCUT2D eigenvalue weighted by atomic mass is 16.5. The molecular formula is C31H41N3O2. The van der Waals surface area contributed by atoms with Gasteiger partial charge in [0.25, 0.3) is 0 Å². The van der Waals surface area contributed by atoms with Gasteiger partial charge < -0.3 is 15.0 Å². The summed E-state index contributed by atoms with van der Waals surface area (Å²) in [4.78, 5) is 21.4. The molecule has 2 aliphatic carbocycles. The van der Waals surface area contributed by atoms with E-state index in [1.165, 1.54) is 48.8 Å². The number of amides is 1. The smallest absolute Gasteiger partial charge is 0.228 e. The molecule has 2 aliphatic heterocycles. The van der Waals surface area contributed by atoms with Crippen molar-refractivity contribution >= 4 is 5.91 Å². The van der Waals surface area contributed by atoms with Crippen LogP contribution in [0.1, 0.15) is 80.4 Å². The molecule has 1 spiro atoms. The maximum absolute atomic E-state index is 14.6. The monoisotopic (exact) mass is 487 g/mol. The summed E-state index contributed by atoms with van der Waals surface area (Å²) >= 11 is 0. The lowest BCUT2D eigenvalue weighted by molar-refractivity contribution is -0.143. The Hall–Kier alpha value is -2.40. The molecule has 192 valence electrons. The molecule has 5 nitrogen and oxygen atoms in total. The second-order valence-corrected chi connectivity index (χ2v) is 11.7. The van der Waals surface area contributed by atoms with Gasteiger partial charge in [-0.15, -0.1) is 0 Å². The molecule has 5 heteroatoms. The number of piperidine rings is 1. The molecule has 4 aliphatic rings. The van der Waals surface area contributed by atoms with Gasteiger partial charge in [-0.25, -0.2) is 4.98 Å². The van der Waals surface area contributed by atoms with Gasteiger partial charge in [0, 0.05) is 42.9 Å². The van der Waals surface area contributed by atoms with Gasteiger partial charge in [-0.2, -0.15) is 0 Å². The topological polar surface area (TPSA) is 54.5 Å². The average Bonchev–Trinajstić information content (AvgIpc) is 3.37. The normalized spacial score (nSPS) is 30.8. The number of methoxy groups -OCH3 is 1. The van der Waals surface area contributed by atoms with E-state index >= 15 is 0 Å². The van der Waals surface area contributed by atoms with Crippen LogP contribution in [0.2, 0.25) is 0 Å².